The molecule has 1 aromatic rings. The zero-order valence-corrected chi connectivity index (χ0v) is 8.47. The molecule has 0 aliphatic heterocycles. The van der Waals surface area contributed by atoms with Crippen molar-refractivity contribution < 1.29 is 13.2 Å². The largest absolute Gasteiger partial charge is 0.418 e. The van der Waals surface area contributed by atoms with E-state index in [9.17, 15) is 13.2 Å². The van der Waals surface area contributed by atoms with Crippen LogP contribution in [0.4, 0.5) is 13.2 Å². The van der Waals surface area contributed by atoms with E-state index in [2.05, 4.69) is 9.98 Å². The Morgan fingerprint density at radius 1 is 1.56 bits per heavy atom. The van der Waals surface area contributed by atoms with E-state index in [-0.39, 0.29) is 5.15 Å². The quantitative estimate of drug-likeness (QED) is 0.479. The van der Waals surface area contributed by atoms with Crippen LogP contribution in [0.25, 0.3) is 0 Å². The van der Waals surface area contributed by atoms with Crippen LogP contribution in [0.1, 0.15) is 11.1 Å². The van der Waals surface area contributed by atoms with Gasteiger partial charge in [-0.05, 0) is 6.07 Å². The summed E-state index contributed by atoms with van der Waals surface area (Å²) in [5.74, 6) is -0.438. The molecule has 0 amide bonds. The minimum atomic E-state index is -4.60. The van der Waals surface area contributed by atoms with Gasteiger partial charge in [0, 0.05) is 11.8 Å². The van der Waals surface area contributed by atoms with Crippen LogP contribution >= 0.6 is 11.6 Å². The van der Waals surface area contributed by atoms with Gasteiger partial charge in [0.1, 0.15) is 17.3 Å². The summed E-state index contributed by atoms with van der Waals surface area (Å²) in [6.45, 7) is 0. The normalized spacial score (nSPS) is 12.6. The summed E-state index contributed by atoms with van der Waals surface area (Å²) in [6.07, 6.45) is -3.48. The number of halogens is 4. The molecule has 1 aromatic heterocycles. The SMILES string of the molecule is N=CN=C(N)c1cc(Cl)ncc1C(F)(F)F. The fourth-order valence-electron chi connectivity index (χ4n) is 1.01. The minimum Gasteiger partial charge on any atom is -0.383 e. The lowest BCUT2D eigenvalue weighted by Gasteiger charge is -2.11. The zero-order valence-electron chi connectivity index (χ0n) is 7.72. The predicted molar refractivity (Wildman–Crippen MR) is 53.8 cm³/mol. The molecule has 8 heteroatoms. The Morgan fingerprint density at radius 3 is 2.69 bits per heavy atom. The van der Waals surface area contributed by atoms with E-state index in [0.29, 0.717) is 12.5 Å². The summed E-state index contributed by atoms with van der Waals surface area (Å²) in [5.41, 5.74) is 3.85. The molecule has 1 rings (SSSR count). The molecule has 0 fully saturated rings. The second-order valence-electron chi connectivity index (χ2n) is 2.69. The van der Waals surface area contributed by atoms with Crippen molar-refractivity contribution >= 4 is 23.8 Å². The average molecular weight is 251 g/mol. The van der Waals surface area contributed by atoms with Crippen LogP contribution in [0, 0.1) is 5.41 Å². The minimum absolute atomic E-state index is 0.133. The molecule has 1 heterocycles. The number of amidine groups is 1. The Bertz CT molecular complexity index is 441. The van der Waals surface area contributed by atoms with Crippen molar-refractivity contribution in [3.63, 3.8) is 0 Å². The number of rotatable bonds is 2. The molecule has 0 spiro atoms. The first-order chi connectivity index (χ1) is 7.36. The van der Waals surface area contributed by atoms with Crippen LogP contribution in [0.3, 0.4) is 0 Å². The highest BCUT2D eigenvalue weighted by atomic mass is 35.5. The number of pyridine rings is 1. The number of alkyl halides is 3. The first-order valence-corrected chi connectivity index (χ1v) is 4.29. The van der Waals surface area contributed by atoms with Gasteiger partial charge in [-0.25, -0.2) is 9.98 Å². The highest BCUT2D eigenvalue weighted by molar-refractivity contribution is 6.29. The molecule has 0 aliphatic rings. The van der Waals surface area contributed by atoms with Crippen LogP contribution in [0.2, 0.25) is 5.15 Å². The monoisotopic (exact) mass is 250 g/mol. The second-order valence-corrected chi connectivity index (χ2v) is 3.08. The molecule has 16 heavy (non-hydrogen) atoms. The van der Waals surface area contributed by atoms with Gasteiger partial charge in [0.25, 0.3) is 0 Å². The molecule has 0 saturated heterocycles. The second kappa shape index (κ2) is 4.48. The number of aliphatic imine (C=N–C) groups is 1. The van der Waals surface area contributed by atoms with Crippen LogP contribution in [0.5, 0.6) is 0 Å². The Labute approximate surface area is 93.5 Å². The fraction of sp³-hybridized carbons (Fsp3) is 0.125. The third kappa shape index (κ3) is 2.69. The van der Waals surface area contributed by atoms with Crippen LogP contribution in [-0.2, 0) is 6.18 Å². The van der Waals surface area contributed by atoms with E-state index in [1.165, 1.54) is 0 Å². The van der Waals surface area contributed by atoms with Crippen molar-refractivity contribution in [1.82, 2.24) is 4.98 Å². The highest BCUT2D eigenvalue weighted by Crippen LogP contribution is 2.32. The molecule has 0 saturated carbocycles. The number of nitrogens with one attached hydrogen (secondary N) is 1. The first-order valence-electron chi connectivity index (χ1n) is 3.91. The lowest BCUT2D eigenvalue weighted by atomic mass is 10.1. The fourth-order valence-corrected chi connectivity index (χ4v) is 1.16. The summed E-state index contributed by atoms with van der Waals surface area (Å²) in [5, 5.41) is 6.51. The number of hydrogen-bond donors (Lipinski definition) is 2. The van der Waals surface area contributed by atoms with E-state index < -0.39 is 23.1 Å². The Morgan fingerprint density at radius 2 is 2.19 bits per heavy atom. The van der Waals surface area contributed by atoms with Crippen LogP contribution in [0.15, 0.2) is 17.3 Å². The third-order valence-corrected chi connectivity index (χ3v) is 1.86. The van der Waals surface area contributed by atoms with Gasteiger partial charge in [0.2, 0.25) is 0 Å². The van der Waals surface area contributed by atoms with Gasteiger partial charge in [-0.15, -0.1) is 0 Å². The van der Waals surface area contributed by atoms with Gasteiger partial charge in [-0.3, -0.25) is 5.41 Å². The summed E-state index contributed by atoms with van der Waals surface area (Å²) in [6, 6.07) is 0.951. The van der Waals surface area contributed by atoms with Crippen molar-refractivity contribution in [3.05, 3.63) is 28.5 Å². The molecule has 0 aromatic carbocycles. The number of aromatic nitrogens is 1. The van der Waals surface area contributed by atoms with Crippen LogP contribution < -0.4 is 5.73 Å². The summed E-state index contributed by atoms with van der Waals surface area (Å²) in [7, 11) is 0. The van der Waals surface area contributed by atoms with E-state index in [1.807, 2.05) is 0 Å². The maximum absolute atomic E-state index is 12.5. The maximum atomic E-state index is 12.5. The molecule has 0 atom stereocenters. The Balaban J connectivity index is 3.40. The maximum Gasteiger partial charge on any atom is 0.418 e. The topological polar surface area (TPSA) is 75.1 Å². The molecule has 0 aliphatic carbocycles. The lowest BCUT2D eigenvalue weighted by molar-refractivity contribution is -0.137. The molecule has 0 unspecified atom stereocenters. The summed E-state index contributed by atoms with van der Waals surface area (Å²) in [4.78, 5) is 6.59. The molecule has 3 N–H and O–H groups in total. The average Bonchev–Trinajstić information content (AvgIpc) is 2.16. The van der Waals surface area contributed by atoms with Gasteiger partial charge < -0.3 is 5.73 Å². The predicted octanol–water partition coefficient (Wildman–Crippen LogP) is 2.07. The van der Waals surface area contributed by atoms with Gasteiger partial charge in [-0.1, -0.05) is 11.6 Å². The van der Waals surface area contributed by atoms with Gasteiger partial charge in [0.15, 0.2) is 0 Å². The highest BCUT2D eigenvalue weighted by Gasteiger charge is 2.34. The first kappa shape index (κ1) is 12.4. The molecular formula is C8H6ClF3N4. The van der Waals surface area contributed by atoms with Crippen molar-refractivity contribution in [2.45, 2.75) is 6.18 Å². The van der Waals surface area contributed by atoms with Crippen molar-refractivity contribution in [1.29, 1.82) is 5.41 Å². The lowest BCUT2D eigenvalue weighted by Crippen LogP contribution is -2.20. The Hall–Kier alpha value is -1.63. The van der Waals surface area contributed by atoms with E-state index in [0.717, 1.165) is 6.07 Å². The molecule has 0 radical (unpaired) electrons. The number of nitrogens with zero attached hydrogens (tertiary/aromatic N) is 2. The van der Waals surface area contributed by atoms with E-state index >= 15 is 0 Å². The van der Waals surface area contributed by atoms with Crippen molar-refractivity contribution in [2.75, 3.05) is 0 Å². The van der Waals surface area contributed by atoms with Gasteiger partial charge in [-0.2, -0.15) is 13.2 Å². The van der Waals surface area contributed by atoms with Gasteiger partial charge >= 0.3 is 6.18 Å². The Kier molecular flexibility index (Phi) is 3.48. The van der Waals surface area contributed by atoms with Crippen molar-refractivity contribution in [3.8, 4) is 0 Å². The summed E-state index contributed by atoms with van der Waals surface area (Å²) >= 11 is 5.47. The van der Waals surface area contributed by atoms with E-state index in [4.69, 9.17) is 22.7 Å². The van der Waals surface area contributed by atoms with Crippen molar-refractivity contribution in [2.24, 2.45) is 10.7 Å². The smallest absolute Gasteiger partial charge is 0.383 e. The van der Waals surface area contributed by atoms with Crippen LogP contribution in [-0.4, -0.2) is 17.2 Å². The molecule has 0 bridgehead atoms. The third-order valence-electron chi connectivity index (χ3n) is 1.66. The zero-order chi connectivity index (χ0) is 12.3. The van der Waals surface area contributed by atoms with Gasteiger partial charge in [0.05, 0.1) is 5.56 Å². The molecule has 86 valence electrons. The summed E-state index contributed by atoms with van der Waals surface area (Å²) < 4.78 is 37.6. The number of nitrogens with two attached hydrogens (primary N) is 1. The standard InChI is InChI=1S/C8H6ClF3N4/c9-6-1-4(7(14)16-3-13)5(2-15-6)8(10,11)12/h1-3H,(H3,13,14,16). The number of hydrogen-bond acceptors (Lipinski definition) is 2. The van der Waals surface area contributed by atoms with E-state index in [1.54, 1.807) is 0 Å². The molecule has 4 nitrogen and oxygen atoms in total. The molecular weight excluding hydrogens is 245 g/mol.